The Morgan fingerprint density at radius 3 is 2.51 bits per heavy atom. The summed E-state index contributed by atoms with van der Waals surface area (Å²) in [5.41, 5.74) is 3.07. The number of carbonyl (C=O) groups is 1. The maximum atomic E-state index is 12.6. The van der Waals surface area contributed by atoms with Crippen molar-refractivity contribution >= 4 is 35.1 Å². The van der Waals surface area contributed by atoms with Gasteiger partial charge in [0.2, 0.25) is 0 Å². The van der Waals surface area contributed by atoms with Gasteiger partial charge in [-0.15, -0.1) is 0 Å². The van der Waals surface area contributed by atoms with Crippen molar-refractivity contribution in [2.24, 2.45) is 5.92 Å². The van der Waals surface area contributed by atoms with Crippen LogP contribution in [-0.4, -0.2) is 35.0 Å². The molecule has 2 aromatic carbocycles. The predicted octanol–water partition coefficient (Wildman–Crippen LogP) is 6.41. The summed E-state index contributed by atoms with van der Waals surface area (Å²) < 4.78 is 0. The number of benzene rings is 2. The number of carbonyl (C=O) groups excluding carboxylic acids is 1. The molecule has 1 unspecified atom stereocenters. The molecule has 5 nitrogen and oxygen atoms in total. The third-order valence-electron chi connectivity index (χ3n) is 6.44. The highest BCUT2D eigenvalue weighted by molar-refractivity contribution is 7.98. The zero-order valence-corrected chi connectivity index (χ0v) is 22.0. The molecule has 2 heterocycles. The van der Waals surface area contributed by atoms with Crippen molar-refractivity contribution in [2.75, 3.05) is 18.0 Å². The van der Waals surface area contributed by atoms with Gasteiger partial charge in [-0.3, -0.25) is 4.79 Å². The van der Waals surface area contributed by atoms with Gasteiger partial charge in [-0.1, -0.05) is 72.8 Å². The fourth-order valence-electron chi connectivity index (χ4n) is 4.16. The van der Waals surface area contributed by atoms with Gasteiger partial charge in [0.05, 0.1) is 0 Å². The molecular formula is C28H33ClN4OS. The Kier molecular flexibility index (Phi) is 9.05. The number of nitrogens with one attached hydrogen (secondary N) is 1. The highest BCUT2D eigenvalue weighted by Gasteiger charge is 2.18. The number of aromatic nitrogens is 2. The number of amides is 1. The Bertz CT molecular complexity index is 1100. The summed E-state index contributed by atoms with van der Waals surface area (Å²) in [5.74, 6) is 2.35. The lowest BCUT2D eigenvalue weighted by Crippen LogP contribution is -2.33. The molecule has 7 heteroatoms. The van der Waals surface area contributed by atoms with Crippen LogP contribution < -0.4 is 10.2 Å². The van der Waals surface area contributed by atoms with Gasteiger partial charge in [-0.2, -0.15) is 0 Å². The average molecular weight is 509 g/mol. The molecule has 184 valence electrons. The van der Waals surface area contributed by atoms with Crippen LogP contribution in [0.1, 0.15) is 54.6 Å². The van der Waals surface area contributed by atoms with E-state index in [1.165, 1.54) is 18.4 Å². The molecule has 1 aromatic heterocycles. The van der Waals surface area contributed by atoms with E-state index in [0.717, 1.165) is 43.2 Å². The molecule has 0 spiro atoms. The minimum atomic E-state index is -0.0385. The van der Waals surface area contributed by atoms with Crippen molar-refractivity contribution in [1.82, 2.24) is 15.3 Å². The number of hydrogen-bond donors (Lipinski definition) is 1. The normalized spacial score (nSPS) is 15.1. The summed E-state index contributed by atoms with van der Waals surface area (Å²) in [6.07, 6.45) is 4.21. The minimum absolute atomic E-state index is 0.0385. The van der Waals surface area contributed by atoms with Gasteiger partial charge in [0.15, 0.2) is 5.16 Å². The fraction of sp³-hybridized carbons (Fsp3) is 0.393. The number of halogens is 1. The zero-order valence-electron chi connectivity index (χ0n) is 20.4. The number of anilines is 1. The second-order valence-corrected chi connectivity index (χ2v) is 10.7. The molecule has 1 amide bonds. The molecule has 1 aliphatic rings. The average Bonchev–Trinajstić information content (AvgIpc) is 2.87. The topological polar surface area (TPSA) is 58.1 Å². The standard InChI is InChI=1S/C28H33ClN4OS/c1-20-14-16-33(17-15-20)26-18-25(29)31-28(32-26)35-19-23-10-12-24(13-11-23)27(34)30-21(2)8-9-22-6-4-3-5-7-22/h3-7,10-13,18,20-21H,8-9,14-17,19H2,1-2H3,(H,30,34). The van der Waals surface area contributed by atoms with Crippen molar-refractivity contribution in [3.63, 3.8) is 0 Å². The van der Waals surface area contributed by atoms with Crippen LogP contribution in [-0.2, 0) is 12.2 Å². The van der Waals surface area contributed by atoms with Gasteiger partial charge in [0.25, 0.3) is 5.91 Å². The molecule has 1 fully saturated rings. The van der Waals surface area contributed by atoms with Gasteiger partial charge in [0, 0.05) is 36.5 Å². The van der Waals surface area contributed by atoms with E-state index in [4.69, 9.17) is 16.6 Å². The number of rotatable bonds is 9. The first kappa shape index (κ1) is 25.5. The lowest BCUT2D eigenvalue weighted by atomic mass is 9.99. The highest BCUT2D eigenvalue weighted by atomic mass is 35.5. The molecule has 1 atom stereocenters. The third-order valence-corrected chi connectivity index (χ3v) is 7.55. The maximum Gasteiger partial charge on any atom is 0.251 e. The van der Waals surface area contributed by atoms with Crippen molar-refractivity contribution < 1.29 is 4.79 Å². The molecule has 1 N–H and O–H groups in total. The van der Waals surface area contributed by atoms with E-state index in [1.807, 2.05) is 48.5 Å². The Balaban J connectivity index is 1.28. The highest BCUT2D eigenvalue weighted by Crippen LogP contribution is 2.27. The number of piperidine rings is 1. The van der Waals surface area contributed by atoms with Crippen LogP contribution >= 0.6 is 23.4 Å². The summed E-state index contributed by atoms with van der Waals surface area (Å²) in [6, 6.07) is 20.1. The first-order valence-electron chi connectivity index (χ1n) is 12.3. The lowest BCUT2D eigenvalue weighted by Gasteiger charge is -2.31. The summed E-state index contributed by atoms with van der Waals surface area (Å²) in [5, 5.41) is 4.26. The molecular weight excluding hydrogens is 476 g/mol. The number of thioether (sulfide) groups is 1. The SMILES string of the molecule is CC1CCN(c2cc(Cl)nc(SCc3ccc(C(=O)NC(C)CCc4ccccc4)cc3)n2)CC1. The lowest BCUT2D eigenvalue weighted by molar-refractivity contribution is 0.0938. The first-order chi connectivity index (χ1) is 17.0. The fourth-order valence-corrected chi connectivity index (χ4v) is 5.19. The van der Waals surface area contributed by atoms with Crippen LogP contribution in [0.2, 0.25) is 5.15 Å². The molecule has 1 saturated heterocycles. The first-order valence-corrected chi connectivity index (χ1v) is 13.7. The maximum absolute atomic E-state index is 12.6. The van der Waals surface area contributed by atoms with Gasteiger partial charge < -0.3 is 10.2 Å². The van der Waals surface area contributed by atoms with Crippen LogP contribution in [0.5, 0.6) is 0 Å². The Morgan fingerprint density at radius 2 is 1.80 bits per heavy atom. The van der Waals surface area contributed by atoms with E-state index < -0.39 is 0 Å². The summed E-state index contributed by atoms with van der Waals surface area (Å²) in [4.78, 5) is 24.1. The second-order valence-electron chi connectivity index (χ2n) is 9.39. The number of aryl methyl sites for hydroxylation is 1. The van der Waals surface area contributed by atoms with Crippen LogP contribution in [0.4, 0.5) is 5.82 Å². The van der Waals surface area contributed by atoms with Crippen LogP contribution in [0.25, 0.3) is 0 Å². The molecule has 0 saturated carbocycles. The van der Waals surface area contributed by atoms with Crippen molar-refractivity contribution in [3.8, 4) is 0 Å². The molecule has 3 aromatic rings. The van der Waals surface area contributed by atoms with Gasteiger partial charge in [-0.25, -0.2) is 9.97 Å². The predicted molar refractivity (Wildman–Crippen MR) is 145 cm³/mol. The van der Waals surface area contributed by atoms with Crippen LogP contribution in [0, 0.1) is 5.92 Å². The van der Waals surface area contributed by atoms with Crippen molar-refractivity contribution in [3.05, 3.63) is 82.5 Å². The summed E-state index contributed by atoms with van der Waals surface area (Å²) in [6.45, 7) is 6.36. The van der Waals surface area contributed by atoms with Crippen molar-refractivity contribution in [2.45, 2.75) is 56.5 Å². The van der Waals surface area contributed by atoms with Gasteiger partial charge in [0.1, 0.15) is 11.0 Å². The van der Waals surface area contributed by atoms with E-state index in [0.29, 0.717) is 21.6 Å². The minimum Gasteiger partial charge on any atom is -0.356 e. The smallest absolute Gasteiger partial charge is 0.251 e. The van der Waals surface area contributed by atoms with E-state index in [-0.39, 0.29) is 11.9 Å². The number of nitrogens with zero attached hydrogens (tertiary/aromatic N) is 3. The van der Waals surface area contributed by atoms with Crippen LogP contribution in [0.3, 0.4) is 0 Å². The monoisotopic (exact) mass is 508 g/mol. The molecule has 1 aliphatic heterocycles. The van der Waals surface area contributed by atoms with Gasteiger partial charge in [-0.05, 0) is 61.8 Å². The molecule has 0 bridgehead atoms. The molecule has 35 heavy (non-hydrogen) atoms. The Labute approximate surface area is 217 Å². The Morgan fingerprint density at radius 1 is 1.09 bits per heavy atom. The summed E-state index contributed by atoms with van der Waals surface area (Å²) in [7, 11) is 0. The van der Waals surface area contributed by atoms with E-state index in [9.17, 15) is 4.79 Å². The number of hydrogen-bond acceptors (Lipinski definition) is 5. The molecule has 0 aliphatic carbocycles. The molecule has 4 rings (SSSR count). The summed E-state index contributed by atoms with van der Waals surface area (Å²) >= 11 is 7.86. The Hall–Kier alpha value is -2.57. The third kappa shape index (κ3) is 7.71. The van der Waals surface area contributed by atoms with E-state index in [2.05, 4.69) is 41.2 Å². The van der Waals surface area contributed by atoms with E-state index >= 15 is 0 Å². The molecule has 0 radical (unpaired) electrons. The van der Waals surface area contributed by atoms with Gasteiger partial charge >= 0.3 is 0 Å². The second kappa shape index (κ2) is 12.4. The van der Waals surface area contributed by atoms with E-state index in [1.54, 1.807) is 11.8 Å². The largest absolute Gasteiger partial charge is 0.356 e. The zero-order chi connectivity index (χ0) is 24.6. The van der Waals surface area contributed by atoms with Crippen molar-refractivity contribution in [1.29, 1.82) is 0 Å². The quantitative estimate of drug-likeness (QED) is 0.205. The van der Waals surface area contributed by atoms with Crippen LogP contribution in [0.15, 0.2) is 65.8 Å².